The number of hydrogen-bond donors (Lipinski definition) is 1. The molecule has 1 aliphatic rings. The van der Waals surface area contributed by atoms with Crippen molar-refractivity contribution in [3.63, 3.8) is 0 Å². The maximum atomic E-state index is 13.7. The van der Waals surface area contributed by atoms with Gasteiger partial charge in [-0.05, 0) is 44.0 Å². The van der Waals surface area contributed by atoms with Crippen molar-refractivity contribution in [3.05, 3.63) is 34.1 Å². The average molecular weight is 316 g/mol. The van der Waals surface area contributed by atoms with E-state index in [0.29, 0.717) is 12.6 Å². The van der Waals surface area contributed by atoms with Gasteiger partial charge in [-0.1, -0.05) is 22.4 Å². The molecule has 1 aliphatic heterocycles. The molecular formula is C14H19BrFNO. The molecule has 0 amide bonds. The normalized spacial score (nSPS) is 21.2. The zero-order chi connectivity index (χ0) is 13.0. The van der Waals surface area contributed by atoms with Crippen molar-refractivity contribution in [1.29, 1.82) is 0 Å². The Morgan fingerprint density at radius 1 is 1.39 bits per heavy atom. The first kappa shape index (κ1) is 14.0. The second-order valence-corrected chi connectivity index (χ2v) is 5.78. The highest BCUT2D eigenvalue weighted by molar-refractivity contribution is 9.10. The van der Waals surface area contributed by atoms with Crippen LogP contribution < -0.4 is 0 Å². The van der Waals surface area contributed by atoms with E-state index in [1.54, 1.807) is 6.07 Å². The molecule has 4 heteroatoms. The Hall–Kier alpha value is -0.450. The van der Waals surface area contributed by atoms with Gasteiger partial charge in [-0.3, -0.25) is 4.90 Å². The van der Waals surface area contributed by atoms with E-state index in [2.05, 4.69) is 20.8 Å². The quantitative estimate of drug-likeness (QED) is 0.921. The number of piperidine rings is 1. The molecule has 1 atom stereocenters. The van der Waals surface area contributed by atoms with Crippen molar-refractivity contribution in [2.24, 2.45) is 0 Å². The Bertz CT molecular complexity index is 397. The van der Waals surface area contributed by atoms with Gasteiger partial charge in [0.15, 0.2) is 0 Å². The van der Waals surface area contributed by atoms with Crippen LogP contribution in [0.15, 0.2) is 22.7 Å². The topological polar surface area (TPSA) is 23.5 Å². The predicted molar refractivity (Wildman–Crippen MR) is 73.9 cm³/mol. The molecule has 0 aliphatic carbocycles. The Balaban J connectivity index is 2.08. The SMILES string of the molecule is OCCC1CCCCN1Cc1cc(Br)ccc1F. The van der Waals surface area contributed by atoms with E-state index in [4.69, 9.17) is 5.11 Å². The van der Waals surface area contributed by atoms with Gasteiger partial charge in [0.2, 0.25) is 0 Å². The van der Waals surface area contributed by atoms with Crippen LogP contribution in [-0.4, -0.2) is 29.2 Å². The molecule has 1 heterocycles. The highest BCUT2D eigenvalue weighted by Crippen LogP contribution is 2.24. The minimum atomic E-state index is -0.147. The van der Waals surface area contributed by atoms with Crippen LogP contribution in [0.2, 0.25) is 0 Å². The molecule has 0 bridgehead atoms. The average Bonchev–Trinajstić information content (AvgIpc) is 2.36. The van der Waals surface area contributed by atoms with Gasteiger partial charge in [-0.25, -0.2) is 4.39 Å². The molecule has 1 saturated heterocycles. The van der Waals surface area contributed by atoms with Crippen molar-refractivity contribution < 1.29 is 9.50 Å². The van der Waals surface area contributed by atoms with E-state index in [1.807, 2.05) is 6.07 Å². The number of aliphatic hydroxyl groups excluding tert-OH is 1. The minimum absolute atomic E-state index is 0.147. The second kappa shape index (κ2) is 6.64. The van der Waals surface area contributed by atoms with Gasteiger partial charge >= 0.3 is 0 Å². The third-order valence-electron chi connectivity index (χ3n) is 3.59. The summed E-state index contributed by atoms with van der Waals surface area (Å²) in [6, 6.07) is 5.46. The maximum Gasteiger partial charge on any atom is 0.127 e. The third kappa shape index (κ3) is 3.53. The molecule has 1 aromatic carbocycles. The summed E-state index contributed by atoms with van der Waals surface area (Å²) >= 11 is 3.38. The summed E-state index contributed by atoms with van der Waals surface area (Å²) in [5.41, 5.74) is 0.731. The first-order valence-electron chi connectivity index (χ1n) is 6.49. The molecule has 1 unspecified atom stereocenters. The Labute approximate surface area is 116 Å². The van der Waals surface area contributed by atoms with Crippen molar-refractivity contribution in [2.75, 3.05) is 13.2 Å². The highest BCUT2D eigenvalue weighted by Gasteiger charge is 2.22. The van der Waals surface area contributed by atoms with Gasteiger partial charge in [-0.15, -0.1) is 0 Å². The lowest BCUT2D eigenvalue weighted by molar-refractivity contribution is 0.111. The summed E-state index contributed by atoms with van der Waals surface area (Å²) in [6.07, 6.45) is 4.27. The van der Waals surface area contributed by atoms with E-state index < -0.39 is 0 Å². The van der Waals surface area contributed by atoms with Gasteiger partial charge in [0, 0.05) is 29.2 Å². The summed E-state index contributed by atoms with van der Waals surface area (Å²) in [6.45, 7) is 1.84. The van der Waals surface area contributed by atoms with Crippen LogP contribution in [0.25, 0.3) is 0 Å². The predicted octanol–water partition coefficient (Wildman–Crippen LogP) is 3.33. The van der Waals surface area contributed by atoms with Gasteiger partial charge in [0.05, 0.1) is 0 Å². The lowest BCUT2D eigenvalue weighted by atomic mass is 9.99. The second-order valence-electron chi connectivity index (χ2n) is 4.87. The first-order valence-corrected chi connectivity index (χ1v) is 7.29. The summed E-state index contributed by atoms with van der Waals surface area (Å²) in [7, 11) is 0. The zero-order valence-electron chi connectivity index (χ0n) is 10.4. The monoisotopic (exact) mass is 315 g/mol. The zero-order valence-corrected chi connectivity index (χ0v) is 12.0. The Morgan fingerprint density at radius 3 is 3.00 bits per heavy atom. The van der Waals surface area contributed by atoms with Gasteiger partial charge < -0.3 is 5.11 Å². The molecule has 0 aromatic heterocycles. The van der Waals surface area contributed by atoms with Crippen LogP contribution >= 0.6 is 15.9 Å². The number of likely N-dealkylation sites (tertiary alicyclic amines) is 1. The summed E-state index contributed by atoms with van der Waals surface area (Å²) in [4.78, 5) is 2.30. The molecule has 100 valence electrons. The van der Waals surface area contributed by atoms with Crippen molar-refractivity contribution >= 4 is 15.9 Å². The minimum Gasteiger partial charge on any atom is -0.396 e. The number of hydrogen-bond acceptors (Lipinski definition) is 2. The van der Waals surface area contributed by atoms with Crippen LogP contribution in [0, 0.1) is 5.82 Å². The number of benzene rings is 1. The van der Waals surface area contributed by atoms with Crippen LogP contribution in [-0.2, 0) is 6.54 Å². The lowest BCUT2D eigenvalue weighted by Crippen LogP contribution is -2.39. The van der Waals surface area contributed by atoms with Crippen molar-refractivity contribution in [3.8, 4) is 0 Å². The molecule has 1 fully saturated rings. The van der Waals surface area contributed by atoms with Crippen LogP contribution in [0.4, 0.5) is 4.39 Å². The fraction of sp³-hybridized carbons (Fsp3) is 0.571. The molecule has 0 spiro atoms. The van der Waals surface area contributed by atoms with Crippen LogP contribution in [0.3, 0.4) is 0 Å². The number of aliphatic hydroxyl groups is 1. The van der Waals surface area contributed by atoms with Crippen molar-refractivity contribution in [2.45, 2.75) is 38.3 Å². The van der Waals surface area contributed by atoms with Gasteiger partial charge in [0.25, 0.3) is 0 Å². The molecule has 18 heavy (non-hydrogen) atoms. The Morgan fingerprint density at radius 2 is 2.22 bits per heavy atom. The number of halogens is 2. The molecular weight excluding hydrogens is 297 g/mol. The van der Waals surface area contributed by atoms with Gasteiger partial charge in [0.1, 0.15) is 5.82 Å². The summed E-state index contributed by atoms with van der Waals surface area (Å²) < 4.78 is 14.7. The third-order valence-corrected chi connectivity index (χ3v) is 4.09. The van der Waals surface area contributed by atoms with E-state index in [-0.39, 0.29) is 12.4 Å². The van der Waals surface area contributed by atoms with Crippen LogP contribution in [0.1, 0.15) is 31.2 Å². The highest BCUT2D eigenvalue weighted by atomic mass is 79.9. The Kier molecular flexibility index (Phi) is 5.15. The first-order chi connectivity index (χ1) is 8.70. The molecule has 2 rings (SSSR count). The standard InChI is InChI=1S/C14H19BrFNO/c15-12-4-5-14(16)11(9-12)10-17-7-2-1-3-13(17)6-8-18/h4-5,9,13,18H,1-3,6-8,10H2. The molecule has 2 nitrogen and oxygen atoms in total. The fourth-order valence-electron chi connectivity index (χ4n) is 2.63. The molecule has 0 radical (unpaired) electrons. The molecule has 0 saturated carbocycles. The summed E-state index contributed by atoms with van der Waals surface area (Å²) in [5.74, 6) is -0.147. The van der Waals surface area contributed by atoms with E-state index in [9.17, 15) is 4.39 Å². The van der Waals surface area contributed by atoms with E-state index in [0.717, 1.165) is 35.8 Å². The molecule has 1 N–H and O–H groups in total. The smallest absolute Gasteiger partial charge is 0.127 e. The van der Waals surface area contributed by atoms with Crippen molar-refractivity contribution in [1.82, 2.24) is 4.90 Å². The summed E-state index contributed by atoms with van der Waals surface area (Å²) in [5, 5.41) is 9.09. The number of rotatable bonds is 4. The van der Waals surface area contributed by atoms with E-state index in [1.165, 1.54) is 12.5 Å². The number of nitrogens with zero attached hydrogens (tertiary/aromatic N) is 1. The van der Waals surface area contributed by atoms with Gasteiger partial charge in [-0.2, -0.15) is 0 Å². The maximum absolute atomic E-state index is 13.7. The van der Waals surface area contributed by atoms with Crippen LogP contribution in [0.5, 0.6) is 0 Å². The fourth-order valence-corrected chi connectivity index (χ4v) is 3.04. The largest absolute Gasteiger partial charge is 0.396 e. The lowest BCUT2D eigenvalue weighted by Gasteiger charge is -2.35. The van der Waals surface area contributed by atoms with E-state index >= 15 is 0 Å². The molecule has 1 aromatic rings.